The number of methoxy groups -OCH3 is 2. The maximum atomic E-state index is 12.1. The van der Waals surface area contributed by atoms with Crippen molar-refractivity contribution in [3.63, 3.8) is 0 Å². The van der Waals surface area contributed by atoms with E-state index >= 15 is 0 Å². The zero-order chi connectivity index (χ0) is 14.9. The fourth-order valence-corrected chi connectivity index (χ4v) is 2.17. The molecule has 0 N–H and O–H groups in total. The summed E-state index contributed by atoms with van der Waals surface area (Å²) < 4.78 is 10.5. The van der Waals surface area contributed by atoms with Crippen LogP contribution >= 0.6 is 12.2 Å². The molecule has 0 bridgehead atoms. The topological polar surface area (TPSA) is 42.0 Å². The molecule has 0 atom stereocenters. The molecule has 6 heteroatoms. The molecular weight excluding hydrogens is 276 g/mol. The van der Waals surface area contributed by atoms with Crippen LogP contribution in [0.3, 0.4) is 0 Å². The Morgan fingerprint density at radius 2 is 1.85 bits per heavy atom. The zero-order valence-corrected chi connectivity index (χ0v) is 12.7. The second-order valence-corrected chi connectivity index (χ2v) is 4.71. The fourth-order valence-electron chi connectivity index (χ4n) is 1.99. The molecule has 2 rings (SSSR count). The van der Waals surface area contributed by atoms with Gasteiger partial charge in [-0.05, 0) is 36.5 Å². The smallest absolute Gasteiger partial charge is 0.276 e. The number of likely N-dealkylation sites (N-methyl/N-ethyl adjacent to an activating group) is 2. The molecule has 1 aromatic carbocycles. The molecule has 1 amide bonds. The van der Waals surface area contributed by atoms with Crippen LogP contribution in [0.15, 0.2) is 23.9 Å². The van der Waals surface area contributed by atoms with Crippen LogP contribution in [-0.2, 0) is 4.79 Å². The van der Waals surface area contributed by atoms with Gasteiger partial charge >= 0.3 is 0 Å². The Kier molecular flexibility index (Phi) is 3.94. The van der Waals surface area contributed by atoms with Crippen LogP contribution in [0.5, 0.6) is 11.5 Å². The molecule has 0 aromatic heterocycles. The van der Waals surface area contributed by atoms with Crippen molar-refractivity contribution >= 4 is 29.3 Å². The third kappa shape index (κ3) is 2.34. The summed E-state index contributed by atoms with van der Waals surface area (Å²) in [6.45, 7) is 0. The highest BCUT2D eigenvalue weighted by Crippen LogP contribution is 2.28. The minimum absolute atomic E-state index is 0.137. The Balaban J connectivity index is 2.49. The average molecular weight is 292 g/mol. The number of benzene rings is 1. The van der Waals surface area contributed by atoms with Crippen molar-refractivity contribution in [1.29, 1.82) is 0 Å². The molecule has 0 aliphatic carbocycles. The van der Waals surface area contributed by atoms with E-state index in [9.17, 15) is 4.79 Å². The summed E-state index contributed by atoms with van der Waals surface area (Å²) in [6.07, 6.45) is 1.75. The van der Waals surface area contributed by atoms with Crippen LogP contribution < -0.4 is 9.47 Å². The van der Waals surface area contributed by atoms with Crippen LogP contribution in [-0.4, -0.2) is 49.1 Å². The predicted molar refractivity (Wildman–Crippen MR) is 80.7 cm³/mol. The van der Waals surface area contributed by atoms with Crippen LogP contribution in [0.4, 0.5) is 0 Å². The number of rotatable bonds is 3. The standard InChI is InChI=1S/C14H16N2O3S/c1-15-11(13(17)16(2)14(15)20)8-9-7-10(18-3)5-6-12(9)19-4/h5-8H,1-4H3/b11-8+. The van der Waals surface area contributed by atoms with Crippen molar-refractivity contribution in [2.75, 3.05) is 28.3 Å². The lowest BCUT2D eigenvalue weighted by atomic mass is 10.1. The average Bonchev–Trinajstić information content (AvgIpc) is 2.65. The Morgan fingerprint density at radius 1 is 1.15 bits per heavy atom. The van der Waals surface area contributed by atoms with Crippen molar-refractivity contribution in [3.05, 3.63) is 29.5 Å². The van der Waals surface area contributed by atoms with Crippen molar-refractivity contribution in [2.24, 2.45) is 0 Å². The number of ether oxygens (including phenoxy) is 2. The van der Waals surface area contributed by atoms with Gasteiger partial charge in [0.05, 0.1) is 14.2 Å². The van der Waals surface area contributed by atoms with Gasteiger partial charge in [0.15, 0.2) is 5.11 Å². The molecule has 5 nitrogen and oxygen atoms in total. The lowest BCUT2D eigenvalue weighted by Crippen LogP contribution is -2.26. The SMILES string of the molecule is COc1ccc(OC)c(/C=C2\C(=O)N(C)C(=S)N2C)c1. The van der Waals surface area contributed by atoms with Crippen LogP contribution in [0.2, 0.25) is 0 Å². The predicted octanol–water partition coefficient (Wildman–Crippen LogP) is 1.73. The van der Waals surface area contributed by atoms with Gasteiger partial charge in [0.1, 0.15) is 17.2 Å². The summed E-state index contributed by atoms with van der Waals surface area (Å²) in [4.78, 5) is 15.3. The normalized spacial score (nSPS) is 17.1. The van der Waals surface area contributed by atoms with E-state index in [1.54, 1.807) is 51.4 Å². The molecule has 1 aromatic rings. The Labute approximate surface area is 123 Å². The van der Waals surface area contributed by atoms with E-state index in [0.29, 0.717) is 22.3 Å². The van der Waals surface area contributed by atoms with E-state index < -0.39 is 0 Å². The minimum Gasteiger partial charge on any atom is -0.497 e. The van der Waals surface area contributed by atoms with E-state index in [2.05, 4.69) is 0 Å². The first kappa shape index (κ1) is 14.3. The monoisotopic (exact) mass is 292 g/mol. The van der Waals surface area contributed by atoms with Gasteiger partial charge in [-0.15, -0.1) is 0 Å². The molecule has 1 saturated heterocycles. The summed E-state index contributed by atoms with van der Waals surface area (Å²) in [5.41, 5.74) is 1.27. The van der Waals surface area contributed by atoms with Gasteiger partial charge in [-0.25, -0.2) is 0 Å². The number of nitrogens with zero attached hydrogens (tertiary/aromatic N) is 2. The number of carbonyl (C=O) groups is 1. The van der Waals surface area contributed by atoms with E-state index in [1.807, 2.05) is 6.07 Å². The van der Waals surface area contributed by atoms with E-state index in [4.69, 9.17) is 21.7 Å². The largest absolute Gasteiger partial charge is 0.497 e. The first-order valence-electron chi connectivity index (χ1n) is 5.99. The van der Waals surface area contributed by atoms with Crippen molar-refractivity contribution in [3.8, 4) is 11.5 Å². The first-order chi connectivity index (χ1) is 9.49. The Hall–Kier alpha value is -2.08. The summed E-state index contributed by atoms with van der Waals surface area (Å²) in [6, 6.07) is 5.42. The highest BCUT2D eigenvalue weighted by molar-refractivity contribution is 7.80. The van der Waals surface area contributed by atoms with Gasteiger partial charge < -0.3 is 14.4 Å². The molecule has 106 valence electrons. The summed E-state index contributed by atoms with van der Waals surface area (Å²) in [5, 5.41) is 0.475. The highest BCUT2D eigenvalue weighted by Gasteiger charge is 2.32. The Morgan fingerprint density at radius 3 is 2.35 bits per heavy atom. The second-order valence-electron chi connectivity index (χ2n) is 4.34. The maximum Gasteiger partial charge on any atom is 0.276 e. The molecule has 1 heterocycles. The molecule has 0 radical (unpaired) electrons. The molecule has 0 saturated carbocycles. The van der Waals surface area contributed by atoms with Crippen LogP contribution in [0.25, 0.3) is 6.08 Å². The van der Waals surface area contributed by atoms with Gasteiger partial charge in [-0.2, -0.15) is 0 Å². The lowest BCUT2D eigenvalue weighted by molar-refractivity contribution is -0.121. The zero-order valence-electron chi connectivity index (χ0n) is 11.8. The molecular formula is C14H16N2O3S. The third-order valence-electron chi connectivity index (χ3n) is 3.19. The van der Waals surface area contributed by atoms with Gasteiger partial charge in [-0.3, -0.25) is 9.69 Å². The van der Waals surface area contributed by atoms with Crippen LogP contribution in [0.1, 0.15) is 5.56 Å². The van der Waals surface area contributed by atoms with Crippen molar-refractivity contribution < 1.29 is 14.3 Å². The molecule has 0 spiro atoms. The summed E-state index contributed by atoms with van der Waals surface area (Å²) in [5.74, 6) is 1.23. The molecule has 0 unspecified atom stereocenters. The van der Waals surface area contributed by atoms with Crippen LogP contribution in [0, 0.1) is 0 Å². The number of thiocarbonyl (C=S) groups is 1. The highest BCUT2D eigenvalue weighted by atomic mass is 32.1. The maximum absolute atomic E-state index is 12.1. The van der Waals surface area contributed by atoms with E-state index in [-0.39, 0.29) is 5.91 Å². The molecule has 1 fully saturated rings. The van der Waals surface area contributed by atoms with Crippen molar-refractivity contribution in [2.45, 2.75) is 0 Å². The molecule has 1 aliphatic rings. The van der Waals surface area contributed by atoms with E-state index in [1.165, 1.54) is 4.90 Å². The summed E-state index contributed by atoms with van der Waals surface area (Å²) in [7, 11) is 6.60. The van der Waals surface area contributed by atoms with Gasteiger partial charge in [0.2, 0.25) is 0 Å². The number of hydrogen-bond acceptors (Lipinski definition) is 4. The number of amides is 1. The third-order valence-corrected chi connectivity index (χ3v) is 3.74. The molecule has 1 aliphatic heterocycles. The van der Waals surface area contributed by atoms with E-state index in [0.717, 1.165) is 5.56 Å². The van der Waals surface area contributed by atoms with Gasteiger partial charge in [-0.1, -0.05) is 0 Å². The second kappa shape index (κ2) is 5.50. The van der Waals surface area contributed by atoms with Crippen molar-refractivity contribution in [1.82, 2.24) is 9.80 Å². The first-order valence-corrected chi connectivity index (χ1v) is 6.40. The quantitative estimate of drug-likeness (QED) is 0.627. The minimum atomic E-state index is -0.137. The number of hydrogen-bond donors (Lipinski definition) is 0. The number of carbonyl (C=O) groups excluding carboxylic acids is 1. The lowest BCUT2D eigenvalue weighted by Gasteiger charge is -2.12. The summed E-state index contributed by atoms with van der Waals surface area (Å²) >= 11 is 5.18. The molecule has 20 heavy (non-hydrogen) atoms. The van der Waals surface area contributed by atoms with Gasteiger partial charge in [0, 0.05) is 19.7 Å². The fraction of sp³-hybridized carbons (Fsp3) is 0.286. The Bertz CT molecular complexity index is 598. The van der Waals surface area contributed by atoms with Gasteiger partial charge in [0.25, 0.3) is 5.91 Å².